The molecule has 1 unspecified atom stereocenters. The third-order valence-electron chi connectivity index (χ3n) is 2.53. The molecule has 0 fully saturated rings. The van der Waals surface area contributed by atoms with Crippen LogP contribution in [-0.2, 0) is 9.59 Å². The largest absolute Gasteiger partial charge is 0.481 e. The fourth-order valence-corrected chi connectivity index (χ4v) is 1.36. The van der Waals surface area contributed by atoms with Gasteiger partial charge >= 0.3 is 5.97 Å². The summed E-state index contributed by atoms with van der Waals surface area (Å²) in [6.45, 7) is 2.22. The van der Waals surface area contributed by atoms with E-state index in [4.69, 9.17) is 11.5 Å². The van der Waals surface area contributed by atoms with Gasteiger partial charge in [0, 0.05) is 19.4 Å². The van der Waals surface area contributed by atoms with E-state index in [0.29, 0.717) is 32.2 Å². The quantitative estimate of drug-likeness (QED) is 0.476. The van der Waals surface area contributed by atoms with Crippen LogP contribution in [0.15, 0.2) is 0 Å². The van der Waals surface area contributed by atoms with Gasteiger partial charge in [-0.3, -0.25) is 9.59 Å². The lowest BCUT2D eigenvalue weighted by Crippen LogP contribution is -2.24. The molecule has 0 aliphatic carbocycles. The molecule has 1 amide bonds. The van der Waals surface area contributed by atoms with Gasteiger partial charge in [-0.25, -0.2) is 0 Å². The predicted molar refractivity (Wildman–Crippen MR) is 66.3 cm³/mol. The highest BCUT2D eigenvalue weighted by Crippen LogP contribution is 2.04. The summed E-state index contributed by atoms with van der Waals surface area (Å²) in [4.78, 5) is 21.8. The van der Waals surface area contributed by atoms with Crippen molar-refractivity contribution >= 4 is 11.9 Å². The molecule has 4 heteroatoms. The molecule has 17 heavy (non-hydrogen) atoms. The first-order valence-electron chi connectivity index (χ1n) is 6.01. The summed E-state index contributed by atoms with van der Waals surface area (Å²) in [5.74, 6) is 1.42. The van der Waals surface area contributed by atoms with Gasteiger partial charge in [-0.2, -0.15) is 0 Å². The average molecular weight is 239 g/mol. The molecule has 2 N–H and O–H groups in total. The van der Waals surface area contributed by atoms with Crippen LogP contribution in [0.1, 0.15) is 45.4 Å². The van der Waals surface area contributed by atoms with Crippen LogP contribution < -0.4 is 5.32 Å². The number of terminal acetylenes is 1. The van der Waals surface area contributed by atoms with Gasteiger partial charge in [0.05, 0.1) is 5.92 Å². The molecular weight excluding hydrogens is 218 g/mol. The molecular formula is C13H21NO3. The molecule has 0 saturated carbocycles. The zero-order valence-electron chi connectivity index (χ0n) is 10.4. The summed E-state index contributed by atoms with van der Waals surface area (Å²) in [7, 11) is 0. The van der Waals surface area contributed by atoms with E-state index in [2.05, 4.69) is 11.2 Å². The molecule has 0 aromatic heterocycles. The summed E-state index contributed by atoms with van der Waals surface area (Å²) in [6, 6.07) is 0. The summed E-state index contributed by atoms with van der Waals surface area (Å²) in [5.41, 5.74) is 0. The smallest absolute Gasteiger partial charge is 0.306 e. The maximum atomic E-state index is 11.3. The number of nitrogens with one attached hydrogen (secondary N) is 1. The van der Waals surface area contributed by atoms with Crippen molar-refractivity contribution in [2.45, 2.75) is 45.4 Å². The molecule has 4 nitrogen and oxygen atoms in total. The van der Waals surface area contributed by atoms with Crippen molar-refractivity contribution in [1.82, 2.24) is 5.32 Å². The van der Waals surface area contributed by atoms with Crippen molar-refractivity contribution in [3.05, 3.63) is 0 Å². The number of hydrogen-bond donors (Lipinski definition) is 2. The van der Waals surface area contributed by atoms with E-state index in [1.807, 2.05) is 0 Å². The zero-order chi connectivity index (χ0) is 13.1. The van der Waals surface area contributed by atoms with Gasteiger partial charge in [-0.15, -0.1) is 12.3 Å². The number of hydrogen-bond acceptors (Lipinski definition) is 2. The Morgan fingerprint density at radius 2 is 2.06 bits per heavy atom. The highest BCUT2D eigenvalue weighted by molar-refractivity contribution is 5.75. The van der Waals surface area contributed by atoms with Crippen molar-refractivity contribution in [3.8, 4) is 12.3 Å². The topological polar surface area (TPSA) is 66.4 Å². The van der Waals surface area contributed by atoms with E-state index in [-0.39, 0.29) is 11.8 Å². The minimum absolute atomic E-state index is 0.0185. The average Bonchev–Trinajstić information content (AvgIpc) is 2.29. The lowest BCUT2D eigenvalue weighted by Gasteiger charge is -2.07. The standard InChI is InChI=1S/C13H21NO3/c1-3-4-5-6-9-12(15)14-10-7-8-11(2)13(16)17/h1,11H,4-10H2,2H3,(H,14,15)(H,16,17). The molecule has 0 aromatic carbocycles. The van der Waals surface area contributed by atoms with Crippen molar-refractivity contribution in [3.63, 3.8) is 0 Å². The highest BCUT2D eigenvalue weighted by atomic mass is 16.4. The molecule has 0 aliphatic heterocycles. The minimum Gasteiger partial charge on any atom is -0.481 e. The molecule has 0 radical (unpaired) electrons. The Morgan fingerprint density at radius 3 is 2.65 bits per heavy atom. The molecule has 0 saturated heterocycles. The second-order valence-electron chi connectivity index (χ2n) is 4.14. The Balaban J connectivity index is 3.40. The number of carboxylic acids is 1. The first-order chi connectivity index (χ1) is 8.07. The number of aliphatic carboxylic acids is 1. The number of unbranched alkanes of at least 4 members (excludes halogenated alkanes) is 2. The zero-order valence-corrected chi connectivity index (χ0v) is 10.4. The predicted octanol–water partition coefficient (Wildman–Crippen LogP) is 1.80. The van der Waals surface area contributed by atoms with Gasteiger partial charge in [0.1, 0.15) is 0 Å². The van der Waals surface area contributed by atoms with E-state index in [0.717, 1.165) is 12.8 Å². The van der Waals surface area contributed by atoms with Crippen LogP contribution in [0.2, 0.25) is 0 Å². The fraction of sp³-hybridized carbons (Fsp3) is 0.692. The Morgan fingerprint density at radius 1 is 1.35 bits per heavy atom. The minimum atomic E-state index is -0.786. The number of carboxylic acid groups (broad SMARTS) is 1. The summed E-state index contributed by atoms with van der Waals surface area (Å²) >= 11 is 0. The van der Waals surface area contributed by atoms with Gasteiger partial charge in [0.15, 0.2) is 0 Å². The molecule has 0 rings (SSSR count). The maximum absolute atomic E-state index is 11.3. The number of rotatable bonds is 9. The monoisotopic (exact) mass is 239 g/mol. The molecule has 0 spiro atoms. The molecule has 96 valence electrons. The fourth-order valence-electron chi connectivity index (χ4n) is 1.36. The molecule has 0 aromatic rings. The van der Waals surface area contributed by atoms with Crippen molar-refractivity contribution in [1.29, 1.82) is 0 Å². The van der Waals surface area contributed by atoms with Crippen LogP contribution >= 0.6 is 0 Å². The normalized spacial score (nSPS) is 11.5. The molecule has 1 atom stereocenters. The van der Waals surface area contributed by atoms with E-state index < -0.39 is 5.97 Å². The van der Waals surface area contributed by atoms with Crippen LogP contribution in [0.3, 0.4) is 0 Å². The molecule has 0 bridgehead atoms. The first kappa shape index (κ1) is 15.5. The van der Waals surface area contributed by atoms with Crippen LogP contribution in [0, 0.1) is 18.3 Å². The van der Waals surface area contributed by atoms with Crippen LogP contribution in [0.5, 0.6) is 0 Å². The third-order valence-corrected chi connectivity index (χ3v) is 2.53. The molecule has 0 heterocycles. The lowest BCUT2D eigenvalue weighted by atomic mass is 10.1. The maximum Gasteiger partial charge on any atom is 0.306 e. The SMILES string of the molecule is C#CCCCCC(=O)NCCCC(C)C(=O)O. The van der Waals surface area contributed by atoms with E-state index in [9.17, 15) is 9.59 Å². The Kier molecular flexibility index (Phi) is 8.85. The van der Waals surface area contributed by atoms with Gasteiger partial charge < -0.3 is 10.4 Å². The summed E-state index contributed by atoms with van der Waals surface area (Å²) in [5, 5.41) is 11.4. The van der Waals surface area contributed by atoms with Gasteiger partial charge in [-0.1, -0.05) is 6.92 Å². The van der Waals surface area contributed by atoms with E-state index >= 15 is 0 Å². The highest BCUT2D eigenvalue weighted by Gasteiger charge is 2.09. The van der Waals surface area contributed by atoms with Crippen LogP contribution in [0.25, 0.3) is 0 Å². The summed E-state index contributed by atoms with van der Waals surface area (Å²) in [6.07, 6.45) is 9.28. The van der Waals surface area contributed by atoms with Gasteiger partial charge in [0.25, 0.3) is 0 Å². The van der Waals surface area contributed by atoms with E-state index in [1.54, 1.807) is 6.92 Å². The third kappa shape index (κ3) is 9.43. The van der Waals surface area contributed by atoms with Crippen LogP contribution in [-0.4, -0.2) is 23.5 Å². The van der Waals surface area contributed by atoms with Gasteiger partial charge in [0.2, 0.25) is 5.91 Å². The first-order valence-corrected chi connectivity index (χ1v) is 6.01. The van der Waals surface area contributed by atoms with Crippen molar-refractivity contribution < 1.29 is 14.7 Å². The number of amides is 1. The summed E-state index contributed by atoms with van der Waals surface area (Å²) < 4.78 is 0. The second kappa shape index (κ2) is 9.71. The van der Waals surface area contributed by atoms with E-state index in [1.165, 1.54) is 0 Å². The van der Waals surface area contributed by atoms with Crippen LogP contribution in [0.4, 0.5) is 0 Å². The lowest BCUT2D eigenvalue weighted by molar-refractivity contribution is -0.141. The molecule has 0 aliphatic rings. The number of carbonyl (C=O) groups excluding carboxylic acids is 1. The number of carbonyl (C=O) groups is 2. The van der Waals surface area contributed by atoms with Crippen molar-refractivity contribution in [2.75, 3.05) is 6.54 Å². The second-order valence-corrected chi connectivity index (χ2v) is 4.14. The Labute approximate surface area is 103 Å². The Bertz CT molecular complexity index is 281. The Hall–Kier alpha value is -1.50. The van der Waals surface area contributed by atoms with Gasteiger partial charge in [-0.05, 0) is 25.7 Å². The van der Waals surface area contributed by atoms with Crippen molar-refractivity contribution in [2.24, 2.45) is 5.92 Å².